The van der Waals surface area contributed by atoms with Crippen LogP contribution in [0.3, 0.4) is 0 Å². The van der Waals surface area contributed by atoms with E-state index in [1.54, 1.807) is 18.2 Å². The third kappa shape index (κ3) is 7.94. The van der Waals surface area contributed by atoms with Gasteiger partial charge in [0.15, 0.2) is 5.78 Å². The van der Waals surface area contributed by atoms with E-state index in [0.29, 0.717) is 32.7 Å². The predicted octanol–water partition coefficient (Wildman–Crippen LogP) is 4.45. The average molecular weight is 408 g/mol. The smallest absolute Gasteiger partial charge is 0.407 e. The van der Waals surface area contributed by atoms with Gasteiger partial charge < -0.3 is 14.8 Å². The molecule has 7 heteroatoms. The standard InChI is InChI=1S/C21H30FNO4Si/c1-28(2,3)14-13-27-20(25)23-21(11-9-19(24)15-21)10-4-12-26-16-17-5-7-18(22)8-6-17/h5-9,11H,4,10,12-16H2,1-3H3,(H,23,25)/t21-/m1/s1. The van der Waals surface area contributed by atoms with Crippen molar-refractivity contribution < 1.29 is 23.5 Å². The minimum absolute atomic E-state index is 0.00497. The molecule has 0 aliphatic heterocycles. The van der Waals surface area contributed by atoms with Gasteiger partial charge in [-0.2, -0.15) is 0 Å². The van der Waals surface area contributed by atoms with Gasteiger partial charge in [-0.1, -0.05) is 37.8 Å². The van der Waals surface area contributed by atoms with Crippen molar-refractivity contribution in [3.05, 3.63) is 47.8 Å². The van der Waals surface area contributed by atoms with E-state index in [1.807, 2.05) is 0 Å². The number of ketones is 1. The van der Waals surface area contributed by atoms with Gasteiger partial charge in [-0.25, -0.2) is 9.18 Å². The average Bonchev–Trinajstić information content (AvgIpc) is 2.96. The number of allylic oxidation sites excluding steroid dienone is 1. The minimum Gasteiger partial charge on any atom is -0.450 e. The number of amides is 1. The van der Waals surface area contributed by atoms with Gasteiger partial charge >= 0.3 is 6.09 Å². The Labute approximate surface area is 167 Å². The van der Waals surface area contributed by atoms with Crippen LogP contribution in [0.15, 0.2) is 36.4 Å². The summed E-state index contributed by atoms with van der Waals surface area (Å²) in [4.78, 5) is 23.9. The largest absolute Gasteiger partial charge is 0.450 e. The number of nitrogens with one attached hydrogen (secondary N) is 1. The zero-order chi connectivity index (χ0) is 20.6. The highest BCUT2D eigenvalue weighted by Crippen LogP contribution is 2.26. The third-order valence-electron chi connectivity index (χ3n) is 4.61. The van der Waals surface area contributed by atoms with Crippen LogP contribution in [0, 0.1) is 5.82 Å². The first-order valence-electron chi connectivity index (χ1n) is 9.67. The maximum absolute atomic E-state index is 12.9. The molecule has 5 nitrogen and oxygen atoms in total. The van der Waals surface area contributed by atoms with Crippen molar-refractivity contribution in [2.45, 2.75) is 57.1 Å². The highest BCUT2D eigenvalue weighted by molar-refractivity contribution is 6.76. The summed E-state index contributed by atoms with van der Waals surface area (Å²) in [5.41, 5.74) is 0.197. The third-order valence-corrected chi connectivity index (χ3v) is 6.31. The molecule has 1 atom stereocenters. The molecule has 1 aromatic carbocycles. The number of carbonyl (C=O) groups is 2. The van der Waals surface area contributed by atoms with E-state index in [-0.39, 0.29) is 18.0 Å². The Hall–Kier alpha value is -1.99. The Morgan fingerprint density at radius 1 is 1.21 bits per heavy atom. The van der Waals surface area contributed by atoms with Crippen LogP contribution >= 0.6 is 0 Å². The second-order valence-electron chi connectivity index (χ2n) is 8.49. The lowest BCUT2D eigenvalue weighted by molar-refractivity contribution is -0.114. The Balaban J connectivity index is 1.75. The number of halogens is 1. The highest BCUT2D eigenvalue weighted by Gasteiger charge is 2.35. The molecule has 1 aliphatic rings. The molecule has 0 fully saturated rings. The molecule has 0 heterocycles. The van der Waals surface area contributed by atoms with Crippen molar-refractivity contribution in [1.29, 1.82) is 0 Å². The first-order chi connectivity index (χ1) is 13.2. The van der Waals surface area contributed by atoms with E-state index in [9.17, 15) is 14.0 Å². The first kappa shape index (κ1) is 22.3. The Morgan fingerprint density at radius 2 is 1.93 bits per heavy atom. The summed E-state index contributed by atoms with van der Waals surface area (Å²) in [5, 5.41) is 2.87. The fourth-order valence-corrected chi connectivity index (χ4v) is 3.67. The molecule has 1 aliphatic carbocycles. The van der Waals surface area contributed by atoms with Crippen molar-refractivity contribution >= 4 is 20.0 Å². The van der Waals surface area contributed by atoms with Crippen molar-refractivity contribution in [3.63, 3.8) is 0 Å². The number of hydrogen-bond donors (Lipinski definition) is 1. The topological polar surface area (TPSA) is 64.6 Å². The zero-order valence-corrected chi connectivity index (χ0v) is 17.9. The number of hydrogen-bond acceptors (Lipinski definition) is 4. The SMILES string of the molecule is C[Si](C)(C)CCOC(=O)N[C@]1(CCCOCc2ccc(F)cc2)C=CC(=O)C1. The Morgan fingerprint density at radius 3 is 2.54 bits per heavy atom. The van der Waals surface area contributed by atoms with Crippen LogP contribution in [0.25, 0.3) is 0 Å². The number of alkyl carbamates (subject to hydrolysis) is 1. The van der Waals surface area contributed by atoms with E-state index in [0.717, 1.165) is 11.6 Å². The van der Waals surface area contributed by atoms with E-state index in [1.165, 1.54) is 18.2 Å². The minimum atomic E-state index is -1.27. The molecule has 0 saturated heterocycles. The number of ether oxygens (including phenoxy) is 2. The monoisotopic (exact) mass is 407 g/mol. The maximum Gasteiger partial charge on any atom is 0.407 e. The van der Waals surface area contributed by atoms with Crippen LogP contribution in [0.5, 0.6) is 0 Å². The molecule has 154 valence electrons. The van der Waals surface area contributed by atoms with Crippen LogP contribution in [-0.4, -0.2) is 38.7 Å². The summed E-state index contributed by atoms with van der Waals surface area (Å²) in [7, 11) is -1.27. The summed E-state index contributed by atoms with van der Waals surface area (Å²) >= 11 is 0. The number of rotatable bonds is 10. The van der Waals surface area contributed by atoms with Crippen LogP contribution in [0.1, 0.15) is 24.8 Å². The Bertz CT molecular complexity index is 699. The van der Waals surface area contributed by atoms with Gasteiger partial charge in [0.05, 0.1) is 18.8 Å². The van der Waals surface area contributed by atoms with E-state index in [2.05, 4.69) is 25.0 Å². The van der Waals surface area contributed by atoms with Gasteiger partial charge in [0.2, 0.25) is 0 Å². The van der Waals surface area contributed by atoms with E-state index < -0.39 is 19.7 Å². The normalized spacial score (nSPS) is 19.1. The maximum atomic E-state index is 12.9. The van der Waals surface area contributed by atoms with Gasteiger partial charge in [0.1, 0.15) is 5.82 Å². The van der Waals surface area contributed by atoms with Crippen molar-refractivity contribution in [2.75, 3.05) is 13.2 Å². The van der Waals surface area contributed by atoms with E-state index in [4.69, 9.17) is 9.47 Å². The molecule has 0 bridgehead atoms. The lowest BCUT2D eigenvalue weighted by Crippen LogP contribution is -2.47. The zero-order valence-electron chi connectivity index (χ0n) is 16.9. The van der Waals surface area contributed by atoms with Gasteiger partial charge in [0, 0.05) is 21.1 Å². The van der Waals surface area contributed by atoms with E-state index >= 15 is 0 Å². The molecule has 1 amide bonds. The van der Waals surface area contributed by atoms with Crippen molar-refractivity contribution in [3.8, 4) is 0 Å². The summed E-state index contributed by atoms with van der Waals surface area (Å²) in [6.45, 7) is 7.94. The summed E-state index contributed by atoms with van der Waals surface area (Å²) in [6, 6.07) is 7.08. The molecular weight excluding hydrogens is 377 g/mol. The van der Waals surface area contributed by atoms with Crippen LogP contribution in [0.2, 0.25) is 25.7 Å². The van der Waals surface area contributed by atoms with Crippen molar-refractivity contribution in [1.82, 2.24) is 5.32 Å². The molecule has 2 rings (SSSR count). The molecule has 1 aromatic rings. The Kier molecular flexibility index (Phi) is 7.95. The molecule has 0 radical (unpaired) electrons. The molecule has 0 aromatic heterocycles. The number of carbonyl (C=O) groups excluding carboxylic acids is 2. The molecular formula is C21H30FNO4Si. The first-order valence-corrected chi connectivity index (χ1v) is 13.4. The summed E-state index contributed by atoms with van der Waals surface area (Å²) in [5.74, 6) is -0.277. The van der Waals surface area contributed by atoms with Crippen molar-refractivity contribution in [2.24, 2.45) is 0 Å². The summed E-state index contributed by atoms with van der Waals surface area (Å²) in [6.07, 6.45) is 4.30. The fourth-order valence-electron chi connectivity index (χ4n) is 2.95. The molecule has 0 spiro atoms. The van der Waals surface area contributed by atoms with Gasteiger partial charge in [-0.3, -0.25) is 4.79 Å². The quantitative estimate of drug-likeness (QED) is 0.460. The highest BCUT2D eigenvalue weighted by atomic mass is 28.3. The van der Waals surface area contributed by atoms with Gasteiger partial charge in [-0.15, -0.1) is 0 Å². The van der Waals surface area contributed by atoms with Crippen LogP contribution < -0.4 is 5.32 Å². The second-order valence-corrected chi connectivity index (χ2v) is 14.1. The fraction of sp³-hybridized carbons (Fsp3) is 0.524. The lowest BCUT2D eigenvalue weighted by atomic mass is 9.93. The predicted molar refractivity (Wildman–Crippen MR) is 109 cm³/mol. The number of benzene rings is 1. The molecule has 0 unspecified atom stereocenters. The van der Waals surface area contributed by atoms with Crippen LogP contribution in [0.4, 0.5) is 9.18 Å². The summed E-state index contributed by atoms with van der Waals surface area (Å²) < 4.78 is 23.8. The molecule has 1 N–H and O–H groups in total. The van der Waals surface area contributed by atoms with Gasteiger partial charge in [0.25, 0.3) is 0 Å². The lowest BCUT2D eigenvalue weighted by Gasteiger charge is -2.28. The molecule has 28 heavy (non-hydrogen) atoms. The van der Waals surface area contributed by atoms with Crippen LogP contribution in [-0.2, 0) is 20.9 Å². The molecule has 0 saturated carbocycles. The van der Waals surface area contributed by atoms with Gasteiger partial charge in [-0.05, 0) is 42.7 Å². The second kappa shape index (κ2) is 9.98.